The molecule has 3 rings (SSSR count). The van der Waals surface area contributed by atoms with E-state index in [4.69, 9.17) is 0 Å². The normalized spacial score (nSPS) is 12.0. The van der Waals surface area contributed by atoms with Gasteiger partial charge in [-0.15, -0.1) is 0 Å². The minimum atomic E-state index is -0.175. The highest BCUT2D eigenvalue weighted by Gasteiger charge is 2.10. The number of carbonyl (C=O) groups excluding carboxylic acids is 1. The molecule has 1 amide bonds. The van der Waals surface area contributed by atoms with E-state index >= 15 is 0 Å². The predicted octanol–water partition coefficient (Wildman–Crippen LogP) is 4.08. The van der Waals surface area contributed by atoms with Crippen molar-refractivity contribution < 1.29 is 4.79 Å². The second-order valence-electron chi connectivity index (χ2n) is 5.33. The lowest BCUT2D eigenvalue weighted by atomic mass is 10.1. The zero-order valence-electron chi connectivity index (χ0n) is 13.0. The molecule has 22 heavy (non-hydrogen) atoms. The van der Waals surface area contributed by atoms with Gasteiger partial charge in [-0.3, -0.25) is 4.79 Å². The number of nitrogens with zero attached hydrogens (tertiary/aromatic N) is 2. The first kappa shape index (κ1) is 14.7. The van der Waals surface area contributed by atoms with Gasteiger partial charge < -0.3 is 4.57 Å². The molecule has 2 aromatic carbocycles. The predicted molar refractivity (Wildman–Crippen MR) is 91.3 cm³/mol. The fourth-order valence-electron chi connectivity index (χ4n) is 2.61. The van der Waals surface area contributed by atoms with Gasteiger partial charge in [-0.05, 0) is 44.5 Å². The molecule has 1 aromatic heterocycles. The Kier molecular flexibility index (Phi) is 3.94. The summed E-state index contributed by atoms with van der Waals surface area (Å²) < 4.78 is 3.23. The van der Waals surface area contributed by atoms with Crippen LogP contribution in [0.25, 0.3) is 10.2 Å². The van der Waals surface area contributed by atoms with Gasteiger partial charge in [-0.2, -0.15) is 4.99 Å². The van der Waals surface area contributed by atoms with E-state index in [-0.39, 0.29) is 5.91 Å². The molecule has 0 radical (unpaired) electrons. The number of benzene rings is 2. The molecule has 112 valence electrons. The van der Waals surface area contributed by atoms with Crippen LogP contribution in [0, 0.1) is 13.8 Å². The summed E-state index contributed by atoms with van der Waals surface area (Å²) in [6.45, 7) is 6.84. The first-order valence-corrected chi connectivity index (χ1v) is 8.16. The zero-order valence-corrected chi connectivity index (χ0v) is 13.8. The fourth-order valence-corrected chi connectivity index (χ4v) is 3.70. The molecule has 0 saturated heterocycles. The highest BCUT2D eigenvalue weighted by atomic mass is 32.1. The molecule has 0 atom stereocenters. The minimum absolute atomic E-state index is 0.175. The summed E-state index contributed by atoms with van der Waals surface area (Å²) in [5, 5.41) is 0. The first-order chi connectivity index (χ1) is 10.6. The van der Waals surface area contributed by atoms with Gasteiger partial charge in [0.1, 0.15) is 0 Å². The molecule has 0 fully saturated rings. The van der Waals surface area contributed by atoms with Gasteiger partial charge in [-0.25, -0.2) is 0 Å². The number of rotatable bonds is 2. The number of thiazole rings is 1. The maximum absolute atomic E-state index is 12.5. The molecule has 0 N–H and O–H groups in total. The molecule has 4 heteroatoms. The molecule has 0 spiro atoms. The molecule has 0 unspecified atom stereocenters. The van der Waals surface area contributed by atoms with Crippen LogP contribution in [0.5, 0.6) is 0 Å². The Balaban J connectivity index is 2.13. The van der Waals surface area contributed by atoms with Gasteiger partial charge in [0.25, 0.3) is 5.91 Å². The van der Waals surface area contributed by atoms with Crippen molar-refractivity contribution in [2.24, 2.45) is 4.99 Å². The molecule has 0 aliphatic rings. The number of aromatic nitrogens is 1. The highest BCUT2D eigenvalue weighted by molar-refractivity contribution is 7.16. The van der Waals surface area contributed by atoms with Gasteiger partial charge in [0.05, 0.1) is 10.2 Å². The van der Waals surface area contributed by atoms with Crippen LogP contribution in [-0.4, -0.2) is 10.5 Å². The maximum Gasteiger partial charge on any atom is 0.279 e. The van der Waals surface area contributed by atoms with Crippen LogP contribution < -0.4 is 4.80 Å². The van der Waals surface area contributed by atoms with Crippen molar-refractivity contribution in [3.63, 3.8) is 0 Å². The summed E-state index contributed by atoms with van der Waals surface area (Å²) in [4.78, 5) is 17.6. The molecule has 0 bridgehead atoms. The average Bonchev–Trinajstić information content (AvgIpc) is 2.83. The lowest BCUT2D eigenvalue weighted by Crippen LogP contribution is -2.16. The number of hydrogen-bond donors (Lipinski definition) is 0. The fraction of sp³-hybridized carbons (Fsp3) is 0.222. The van der Waals surface area contributed by atoms with E-state index in [0.29, 0.717) is 5.56 Å². The van der Waals surface area contributed by atoms with Gasteiger partial charge >= 0.3 is 0 Å². The summed E-state index contributed by atoms with van der Waals surface area (Å²) in [6, 6.07) is 14.0. The second-order valence-corrected chi connectivity index (χ2v) is 6.34. The second kappa shape index (κ2) is 5.89. The van der Waals surface area contributed by atoms with E-state index in [0.717, 1.165) is 32.7 Å². The van der Waals surface area contributed by atoms with Crippen molar-refractivity contribution >= 4 is 27.5 Å². The minimum Gasteiger partial charge on any atom is -0.317 e. The van der Waals surface area contributed by atoms with Crippen LogP contribution in [0.2, 0.25) is 0 Å². The summed E-state index contributed by atoms with van der Waals surface area (Å²) in [5.41, 5.74) is 3.92. The molecule has 0 aliphatic heterocycles. The number of carbonyl (C=O) groups is 1. The van der Waals surface area contributed by atoms with E-state index in [9.17, 15) is 4.79 Å². The van der Waals surface area contributed by atoms with Crippen molar-refractivity contribution in [2.75, 3.05) is 0 Å². The SMILES string of the molecule is CCn1c(=NC(=O)c2ccc(C)cc2C)sc2ccccc21. The third-order valence-corrected chi connectivity index (χ3v) is 4.77. The van der Waals surface area contributed by atoms with Crippen LogP contribution in [0.1, 0.15) is 28.4 Å². The van der Waals surface area contributed by atoms with Crippen LogP contribution in [0.3, 0.4) is 0 Å². The topological polar surface area (TPSA) is 34.4 Å². The van der Waals surface area contributed by atoms with Gasteiger partial charge in [-0.1, -0.05) is 41.2 Å². The summed E-state index contributed by atoms with van der Waals surface area (Å²) in [5.74, 6) is -0.175. The van der Waals surface area contributed by atoms with Crippen molar-refractivity contribution in [1.29, 1.82) is 0 Å². The van der Waals surface area contributed by atoms with Crippen LogP contribution in [-0.2, 0) is 6.54 Å². The third kappa shape index (κ3) is 2.62. The Morgan fingerprint density at radius 3 is 2.68 bits per heavy atom. The number of hydrogen-bond acceptors (Lipinski definition) is 2. The summed E-state index contributed by atoms with van der Waals surface area (Å²) >= 11 is 1.56. The monoisotopic (exact) mass is 310 g/mol. The van der Waals surface area contributed by atoms with Crippen molar-refractivity contribution in [3.05, 3.63) is 64.0 Å². The Morgan fingerprint density at radius 2 is 1.95 bits per heavy atom. The van der Waals surface area contributed by atoms with E-state index in [2.05, 4.69) is 28.6 Å². The van der Waals surface area contributed by atoms with Crippen molar-refractivity contribution in [3.8, 4) is 0 Å². The number of amides is 1. The van der Waals surface area contributed by atoms with Gasteiger partial charge in [0, 0.05) is 12.1 Å². The lowest BCUT2D eigenvalue weighted by molar-refractivity contribution is 0.0997. The lowest BCUT2D eigenvalue weighted by Gasteiger charge is -2.03. The Labute approximate surface area is 133 Å². The molecule has 3 nitrogen and oxygen atoms in total. The molecule has 0 aliphatic carbocycles. The summed E-state index contributed by atoms with van der Waals surface area (Å²) in [7, 11) is 0. The van der Waals surface area contributed by atoms with Gasteiger partial charge in [0.2, 0.25) is 0 Å². The smallest absolute Gasteiger partial charge is 0.279 e. The highest BCUT2D eigenvalue weighted by Crippen LogP contribution is 2.17. The van der Waals surface area contributed by atoms with Crippen LogP contribution in [0.15, 0.2) is 47.5 Å². The Hall–Kier alpha value is -2.20. The zero-order chi connectivity index (χ0) is 15.7. The Bertz CT molecular complexity index is 918. The van der Waals surface area contributed by atoms with Gasteiger partial charge in [0.15, 0.2) is 4.80 Å². The van der Waals surface area contributed by atoms with Crippen LogP contribution >= 0.6 is 11.3 Å². The molecular weight excluding hydrogens is 292 g/mol. The first-order valence-electron chi connectivity index (χ1n) is 7.35. The largest absolute Gasteiger partial charge is 0.317 e. The third-order valence-electron chi connectivity index (χ3n) is 3.71. The molecule has 1 heterocycles. The van der Waals surface area contributed by atoms with E-state index in [1.807, 2.05) is 44.2 Å². The summed E-state index contributed by atoms with van der Waals surface area (Å²) in [6.07, 6.45) is 0. The van der Waals surface area contributed by atoms with Crippen LogP contribution in [0.4, 0.5) is 0 Å². The molecular formula is C18H18N2OS. The van der Waals surface area contributed by atoms with Crippen molar-refractivity contribution in [2.45, 2.75) is 27.3 Å². The van der Waals surface area contributed by atoms with E-state index in [1.54, 1.807) is 11.3 Å². The average molecular weight is 310 g/mol. The van der Waals surface area contributed by atoms with E-state index in [1.165, 1.54) is 0 Å². The van der Waals surface area contributed by atoms with E-state index < -0.39 is 0 Å². The quantitative estimate of drug-likeness (QED) is 0.702. The number of fused-ring (bicyclic) bond motifs is 1. The standard InChI is InChI=1S/C18H18N2OS/c1-4-20-15-7-5-6-8-16(15)22-18(20)19-17(21)14-10-9-12(2)11-13(14)3/h5-11H,4H2,1-3H3. The molecule has 3 aromatic rings. The number of aryl methyl sites for hydroxylation is 3. The number of para-hydroxylation sites is 1. The molecule has 0 saturated carbocycles. The van der Waals surface area contributed by atoms with Crippen molar-refractivity contribution in [1.82, 2.24) is 4.57 Å². The maximum atomic E-state index is 12.5. The Morgan fingerprint density at radius 1 is 1.18 bits per heavy atom.